The van der Waals surface area contributed by atoms with Crippen LogP contribution in [0.1, 0.15) is 0 Å². The van der Waals surface area contributed by atoms with Gasteiger partial charge in [-0.05, 0) is 36.4 Å². The first-order chi connectivity index (χ1) is 14.6. The van der Waals surface area contributed by atoms with Gasteiger partial charge in [-0.15, -0.1) is 10.2 Å². The Hall–Kier alpha value is -2.87. The van der Waals surface area contributed by atoms with Crippen LogP contribution in [0.2, 0.25) is 10.0 Å². The van der Waals surface area contributed by atoms with Gasteiger partial charge in [0.05, 0.1) is 15.8 Å². The number of aromatic nitrogens is 4. The Bertz CT molecular complexity index is 1170. The number of benzene rings is 2. The maximum absolute atomic E-state index is 12.3. The molecule has 0 saturated heterocycles. The molecule has 0 fully saturated rings. The van der Waals surface area contributed by atoms with Gasteiger partial charge in [0, 0.05) is 29.7 Å². The summed E-state index contributed by atoms with van der Waals surface area (Å²) >= 11 is 13.1. The molecule has 0 N–H and O–H groups in total. The number of hydrogen-bond donors (Lipinski definition) is 0. The van der Waals surface area contributed by atoms with E-state index in [1.807, 2.05) is 47.0 Å². The maximum Gasteiger partial charge on any atom is 0.321 e. The molecular formula is C21H14Cl2N4O2S. The van der Waals surface area contributed by atoms with E-state index in [-0.39, 0.29) is 5.75 Å². The number of esters is 1. The van der Waals surface area contributed by atoms with Crippen LogP contribution in [-0.2, 0) is 4.79 Å². The second-order valence-corrected chi connectivity index (χ2v) is 7.81. The molecular weight excluding hydrogens is 443 g/mol. The molecule has 30 heavy (non-hydrogen) atoms. The molecule has 4 aromatic rings. The lowest BCUT2D eigenvalue weighted by Crippen LogP contribution is -2.11. The predicted octanol–water partition coefficient (Wildman–Crippen LogP) is 5.33. The van der Waals surface area contributed by atoms with Crippen LogP contribution < -0.4 is 4.74 Å². The second kappa shape index (κ2) is 9.30. The molecule has 4 rings (SSSR count). The topological polar surface area (TPSA) is 69.9 Å². The van der Waals surface area contributed by atoms with Gasteiger partial charge in [-0.3, -0.25) is 14.3 Å². The number of para-hydroxylation sites is 1. The van der Waals surface area contributed by atoms with Crippen molar-refractivity contribution in [3.63, 3.8) is 0 Å². The van der Waals surface area contributed by atoms with Crippen LogP contribution in [-0.4, -0.2) is 31.5 Å². The van der Waals surface area contributed by atoms with Crippen molar-refractivity contribution in [1.29, 1.82) is 0 Å². The van der Waals surface area contributed by atoms with Crippen molar-refractivity contribution in [3.05, 3.63) is 83.1 Å². The first kappa shape index (κ1) is 20.4. The van der Waals surface area contributed by atoms with E-state index in [2.05, 4.69) is 15.2 Å². The molecule has 0 atom stereocenters. The first-order valence-electron chi connectivity index (χ1n) is 8.81. The number of halogens is 2. The molecule has 0 amide bonds. The Balaban J connectivity index is 1.56. The number of ether oxygens (including phenoxy) is 1. The van der Waals surface area contributed by atoms with Crippen molar-refractivity contribution in [2.24, 2.45) is 0 Å². The summed E-state index contributed by atoms with van der Waals surface area (Å²) in [6.45, 7) is 0. The van der Waals surface area contributed by atoms with E-state index in [0.717, 1.165) is 11.3 Å². The van der Waals surface area contributed by atoms with E-state index in [1.165, 1.54) is 17.8 Å². The van der Waals surface area contributed by atoms with Crippen LogP contribution in [0.15, 0.2) is 78.2 Å². The summed E-state index contributed by atoms with van der Waals surface area (Å²) in [5.41, 5.74) is 1.70. The summed E-state index contributed by atoms with van der Waals surface area (Å²) in [6, 6.07) is 18.1. The largest absolute Gasteiger partial charge is 0.426 e. The SMILES string of the molecule is O=C(CSc1nnc(-c2cccnc2)n1-c1ccccc1)Oc1ccc(Cl)c(Cl)c1. The molecule has 0 aliphatic carbocycles. The fraction of sp³-hybridized carbons (Fsp3) is 0.0476. The van der Waals surface area contributed by atoms with Crippen molar-refractivity contribution < 1.29 is 9.53 Å². The normalized spacial score (nSPS) is 10.7. The van der Waals surface area contributed by atoms with E-state index in [1.54, 1.807) is 24.5 Å². The third-order valence-electron chi connectivity index (χ3n) is 4.01. The molecule has 0 aliphatic rings. The molecule has 0 unspecified atom stereocenters. The van der Waals surface area contributed by atoms with Crippen molar-refractivity contribution in [3.8, 4) is 22.8 Å². The van der Waals surface area contributed by atoms with Gasteiger partial charge in [0.1, 0.15) is 5.75 Å². The lowest BCUT2D eigenvalue weighted by Gasteiger charge is -2.10. The van der Waals surface area contributed by atoms with Crippen molar-refractivity contribution in [1.82, 2.24) is 19.7 Å². The predicted molar refractivity (Wildman–Crippen MR) is 117 cm³/mol. The lowest BCUT2D eigenvalue weighted by atomic mass is 10.2. The minimum Gasteiger partial charge on any atom is -0.426 e. The summed E-state index contributed by atoms with van der Waals surface area (Å²) in [5, 5.41) is 9.86. The van der Waals surface area contributed by atoms with Gasteiger partial charge in [-0.25, -0.2) is 0 Å². The van der Waals surface area contributed by atoms with E-state index >= 15 is 0 Å². The number of carbonyl (C=O) groups is 1. The fourth-order valence-corrected chi connectivity index (χ4v) is 3.69. The van der Waals surface area contributed by atoms with Crippen LogP contribution >= 0.6 is 35.0 Å². The van der Waals surface area contributed by atoms with E-state index in [4.69, 9.17) is 27.9 Å². The molecule has 0 aliphatic heterocycles. The molecule has 2 heterocycles. The Labute approximate surface area is 186 Å². The smallest absolute Gasteiger partial charge is 0.321 e. The third-order valence-corrected chi connectivity index (χ3v) is 5.65. The average molecular weight is 457 g/mol. The fourth-order valence-electron chi connectivity index (χ4n) is 2.68. The Morgan fingerprint density at radius 2 is 1.83 bits per heavy atom. The molecule has 0 spiro atoms. The van der Waals surface area contributed by atoms with Crippen LogP contribution in [0.4, 0.5) is 0 Å². The molecule has 150 valence electrons. The Morgan fingerprint density at radius 3 is 2.57 bits per heavy atom. The Kier molecular flexibility index (Phi) is 6.32. The van der Waals surface area contributed by atoms with E-state index in [0.29, 0.717) is 26.8 Å². The van der Waals surface area contributed by atoms with Crippen molar-refractivity contribution in [2.75, 3.05) is 5.75 Å². The number of pyridine rings is 1. The lowest BCUT2D eigenvalue weighted by molar-refractivity contribution is -0.131. The summed E-state index contributed by atoms with van der Waals surface area (Å²) in [5.74, 6) is 0.562. The number of thioether (sulfide) groups is 1. The first-order valence-corrected chi connectivity index (χ1v) is 10.6. The van der Waals surface area contributed by atoms with Gasteiger partial charge in [0.25, 0.3) is 0 Å². The zero-order chi connectivity index (χ0) is 20.9. The molecule has 0 radical (unpaired) electrons. The summed E-state index contributed by atoms with van der Waals surface area (Å²) in [4.78, 5) is 16.5. The van der Waals surface area contributed by atoms with Gasteiger partial charge in [0.2, 0.25) is 0 Å². The zero-order valence-corrected chi connectivity index (χ0v) is 17.7. The number of rotatable bonds is 6. The van der Waals surface area contributed by atoms with Gasteiger partial charge >= 0.3 is 5.97 Å². The van der Waals surface area contributed by atoms with Gasteiger partial charge in [-0.2, -0.15) is 0 Å². The van der Waals surface area contributed by atoms with Crippen LogP contribution in [0.25, 0.3) is 17.1 Å². The third kappa shape index (κ3) is 4.64. The van der Waals surface area contributed by atoms with Crippen molar-refractivity contribution in [2.45, 2.75) is 5.16 Å². The van der Waals surface area contributed by atoms with Crippen LogP contribution in [0.3, 0.4) is 0 Å². The minimum atomic E-state index is -0.441. The highest BCUT2D eigenvalue weighted by Gasteiger charge is 2.18. The molecule has 2 aromatic heterocycles. The number of hydrogen-bond acceptors (Lipinski definition) is 6. The Morgan fingerprint density at radius 1 is 1.00 bits per heavy atom. The molecule has 9 heteroatoms. The molecule has 0 bridgehead atoms. The summed E-state index contributed by atoms with van der Waals surface area (Å²) in [7, 11) is 0. The highest BCUT2D eigenvalue weighted by molar-refractivity contribution is 7.99. The highest BCUT2D eigenvalue weighted by Crippen LogP contribution is 2.29. The van der Waals surface area contributed by atoms with E-state index in [9.17, 15) is 4.79 Å². The monoisotopic (exact) mass is 456 g/mol. The maximum atomic E-state index is 12.3. The number of carbonyl (C=O) groups excluding carboxylic acids is 1. The molecule has 2 aromatic carbocycles. The second-order valence-electron chi connectivity index (χ2n) is 6.06. The summed E-state index contributed by atoms with van der Waals surface area (Å²) in [6.07, 6.45) is 3.41. The molecule has 0 saturated carbocycles. The van der Waals surface area contributed by atoms with Gasteiger partial charge in [-0.1, -0.05) is 53.2 Å². The van der Waals surface area contributed by atoms with Gasteiger partial charge < -0.3 is 4.74 Å². The average Bonchev–Trinajstić information content (AvgIpc) is 3.20. The van der Waals surface area contributed by atoms with Crippen LogP contribution in [0.5, 0.6) is 5.75 Å². The minimum absolute atomic E-state index is 0.0399. The standard InChI is InChI=1S/C21H14Cl2N4O2S/c22-17-9-8-16(11-18(17)23)29-19(28)13-30-21-26-25-20(14-5-4-10-24-12-14)27(21)15-6-2-1-3-7-15/h1-12H,13H2. The number of nitrogens with zero attached hydrogens (tertiary/aromatic N) is 4. The molecule has 6 nitrogen and oxygen atoms in total. The van der Waals surface area contributed by atoms with E-state index < -0.39 is 5.97 Å². The zero-order valence-electron chi connectivity index (χ0n) is 15.4. The highest BCUT2D eigenvalue weighted by atomic mass is 35.5. The van der Waals surface area contributed by atoms with Crippen LogP contribution in [0, 0.1) is 0 Å². The quantitative estimate of drug-likeness (QED) is 0.221. The van der Waals surface area contributed by atoms with Gasteiger partial charge in [0.15, 0.2) is 11.0 Å². The van der Waals surface area contributed by atoms with Crippen molar-refractivity contribution >= 4 is 40.9 Å². The summed E-state index contributed by atoms with van der Waals surface area (Å²) < 4.78 is 7.22.